The van der Waals surface area contributed by atoms with Gasteiger partial charge in [-0.05, 0) is 25.1 Å². The van der Waals surface area contributed by atoms with E-state index in [-0.39, 0.29) is 11.7 Å². The summed E-state index contributed by atoms with van der Waals surface area (Å²) in [5, 5.41) is 13.6. The summed E-state index contributed by atoms with van der Waals surface area (Å²) in [7, 11) is 0. The Kier molecular flexibility index (Phi) is 4.89. The minimum Gasteiger partial charge on any atom is -0.478 e. The maximum Gasteiger partial charge on any atom is 0.338 e. The fraction of sp³-hybridized carbons (Fsp3) is 0.231. The number of carboxylic acids is 1. The molecule has 3 N–H and O–H groups in total. The highest BCUT2D eigenvalue weighted by Crippen LogP contribution is 2.14. The van der Waals surface area contributed by atoms with E-state index in [2.05, 4.69) is 16.6 Å². The van der Waals surface area contributed by atoms with Crippen LogP contribution in [0.15, 0.2) is 18.2 Å². The van der Waals surface area contributed by atoms with Gasteiger partial charge in [-0.1, -0.05) is 0 Å². The van der Waals surface area contributed by atoms with Crippen LogP contribution >= 0.6 is 0 Å². The summed E-state index contributed by atoms with van der Waals surface area (Å²) in [5.41, 5.74) is -0.292. The van der Waals surface area contributed by atoms with E-state index in [1.165, 1.54) is 6.07 Å². The molecule has 1 aromatic carbocycles. The molecule has 0 aliphatic rings. The molecular weight excluding hydrogens is 251 g/mol. The number of halogens is 1. The quantitative estimate of drug-likeness (QED) is 0.728. The second kappa shape index (κ2) is 6.40. The van der Waals surface area contributed by atoms with Crippen molar-refractivity contribution in [1.82, 2.24) is 5.32 Å². The van der Waals surface area contributed by atoms with Crippen molar-refractivity contribution < 1.29 is 19.1 Å². The van der Waals surface area contributed by atoms with Gasteiger partial charge < -0.3 is 15.7 Å². The number of urea groups is 1. The Morgan fingerprint density at radius 2 is 2.21 bits per heavy atom. The first kappa shape index (κ1) is 14.5. The molecule has 0 aliphatic carbocycles. The maximum atomic E-state index is 13.4. The first-order valence-electron chi connectivity index (χ1n) is 5.48. The molecule has 1 aromatic rings. The van der Waals surface area contributed by atoms with E-state index >= 15 is 0 Å². The lowest BCUT2D eigenvalue weighted by molar-refractivity contribution is 0.0692. The van der Waals surface area contributed by atoms with Gasteiger partial charge in [-0.3, -0.25) is 0 Å². The molecule has 0 spiro atoms. The molecule has 0 fully saturated rings. The minimum absolute atomic E-state index is 0.160. The van der Waals surface area contributed by atoms with Crippen molar-refractivity contribution in [2.45, 2.75) is 19.4 Å². The summed E-state index contributed by atoms with van der Waals surface area (Å²) in [6.07, 6.45) is 5.47. The predicted molar refractivity (Wildman–Crippen MR) is 68.4 cm³/mol. The number of rotatable bonds is 4. The maximum absolute atomic E-state index is 13.4. The summed E-state index contributed by atoms with van der Waals surface area (Å²) < 4.78 is 13.4. The molecule has 1 rings (SSSR count). The smallest absolute Gasteiger partial charge is 0.338 e. The second-order valence-corrected chi connectivity index (χ2v) is 3.91. The zero-order chi connectivity index (χ0) is 14.4. The van der Waals surface area contributed by atoms with Crippen LogP contribution in [-0.2, 0) is 0 Å². The van der Waals surface area contributed by atoms with Crippen molar-refractivity contribution in [3.8, 4) is 12.3 Å². The lowest BCUT2D eigenvalue weighted by atomic mass is 10.2. The monoisotopic (exact) mass is 264 g/mol. The molecule has 100 valence electrons. The van der Waals surface area contributed by atoms with Crippen LogP contribution in [0.1, 0.15) is 23.7 Å². The molecule has 1 unspecified atom stereocenters. The van der Waals surface area contributed by atoms with Gasteiger partial charge in [-0.2, -0.15) is 0 Å². The molecule has 6 heteroatoms. The molecule has 2 amide bonds. The molecule has 0 aromatic heterocycles. The Hall–Kier alpha value is -2.55. The predicted octanol–water partition coefficient (Wildman–Crippen LogP) is 2.06. The first-order valence-corrected chi connectivity index (χ1v) is 5.48. The number of anilines is 1. The third kappa shape index (κ3) is 4.32. The number of aromatic carboxylic acids is 1. The number of hydrogen-bond acceptors (Lipinski definition) is 2. The third-order valence-corrected chi connectivity index (χ3v) is 2.26. The van der Waals surface area contributed by atoms with Crippen LogP contribution in [0.5, 0.6) is 0 Å². The minimum atomic E-state index is -1.36. The average Bonchev–Trinajstić information content (AvgIpc) is 2.28. The highest BCUT2D eigenvalue weighted by molar-refractivity contribution is 5.91. The Balaban J connectivity index is 2.68. The van der Waals surface area contributed by atoms with E-state index in [9.17, 15) is 14.0 Å². The number of carboxylic acid groups (broad SMARTS) is 1. The highest BCUT2D eigenvalue weighted by atomic mass is 19.1. The second-order valence-electron chi connectivity index (χ2n) is 3.91. The molecule has 0 saturated heterocycles. The standard InChI is InChI=1S/C13H13FN2O3/c1-3-4-8(2)15-13(19)16-9-5-6-10(12(17)18)11(14)7-9/h1,5-8H,4H2,2H3,(H,17,18)(H2,15,16,19). The number of benzene rings is 1. The summed E-state index contributed by atoms with van der Waals surface area (Å²) in [6, 6.07) is 2.57. The topological polar surface area (TPSA) is 78.4 Å². The van der Waals surface area contributed by atoms with Crippen molar-refractivity contribution in [1.29, 1.82) is 0 Å². The fourth-order valence-corrected chi connectivity index (χ4v) is 1.39. The van der Waals surface area contributed by atoms with E-state index in [1.807, 2.05) is 0 Å². The molecule has 0 bridgehead atoms. The SMILES string of the molecule is C#CCC(C)NC(=O)Nc1ccc(C(=O)O)c(F)c1. The van der Waals surface area contributed by atoms with Crippen molar-refractivity contribution in [3.63, 3.8) is 0 Å². The van der Waals surface area contributed by atoms with E-state index in [0.717, 1.165) is 12.1 Å². The zero-order valence-electron chi connectivity index (χ0n) is 10.2. The van der Waals surface area contributed by atoms with Crippen molar-refractivity contribution >= 4 is 17.7 Å². The number of terminal acetylenes is 1. The van der Waals surface area contributed by atoms with Gasteiger partial charge in [-0.15, -0.1) is 12.3 Å². The fourth-order valence-electron chi connectivity index (χ4n) is 1.39. The van der Waals surface area contributed by atoms with Crippen LogP contribution < -0.4 is 10.6 Å². The number of hydrogen-bond donors (Lipinski definition) is 3. The lowest BCUT2D eigenvalue weighted by Gasteiger charge is -2.12. The normalized spacial score (nSPS) is 11.2. The van der Waals surface area contributed by atoms with Crippen LogP contribution in [0.3, 0.4) is 0 Å². The summed E-state index contributed by atoms with van der Waals surface area (Å²) in [4.78, 5) is 22.1. The van der Waals surface area contributed by atoms with Crippen molar-refractivity contribution in [3.05, 3.63) is 29.6 Å². The summed E-state index contributed by atoms with van der Waals surface area (Å²) in [5.74, 6) is 0.118. The van der Waals surface area contributed by atoms with Crippen LogP contribution in [0, 0.1) is 18.2 Å². The van der Waals surface area contributed by atoms with Gasteiger partial charge in [0.2, 0.25) is 0 Å². The first-order chi connectivity index (χ1) is 8.93. The largest absolute Gasteiger partial charge is 0.478 e. The van der Waals surface area contributed by atoms with Crippen molar-refractivity contribution in [2.24, 2.45) is 0 Å². The van der Waals surface area contributed by atoms with E-state index < -0.39 is 23.4 Å². The number of carbonyl (C=O) groups excluding carboxylic acids is 1. The molecule has 0 radical (unpaired) electrons. The van der Waals surface area contributed by atoms with Crippen LogP contribution in [0.2, 0.25) is 0 Å². The molecule has 1 atom stereocenters. The Morgan fingerprint density at radius 3 is 2.74 bits per heavy atom. The van der Waals surface area contributed by atoms with Crippen LogP contribution in [0.25, 0.3) is 0 Å². The summed E-state index contributed by atoms with van der Waals surface area (Å²) in [6.45, 7) is 1.73. The highest BCUT2D eigenvalue weighted by Gasteiger charge is 2.12. The summed E-state index contributed by atoms with van der Waals surface area (Å²) >= 11 is 0. The molecule has 19 heavy (non-hydrogen) atoms. The van der Waals surface area contributed by atoms with Gasteiger partial charge in [0, 0.05) is 18.2 Å². The zero-order valence-corrected chi connectivity index (χ0v) is 10.2. The van der Waals surface area contributed by atoms with Gasteiger partial charge in [0.15, 0.2) is 0 Å². The average molecular weight is 264 g/mol. The Bertz CT molecular complexity index is 537. The number of carbonyl (C=O) groups is 2. The third-order valence-electron chi connectivity index (χ3n) is 2.26. The van der Waals surface area contributed by atoms with Gasteiger partial charge in [0.25, 0.3) is 0 Å². The number of amides is 2. The molecule has 0 heterocycles. The molecule has 0 aliphatic heterocycles. The van der Waals surface area contributed by atoms with Crippen LogP contribution in [0.4, 0.5) is 14.9 Å². The van der Waals surface area contributed by atoms with Gasteiger partial charge in [-0.25, -0.2) is 14.0 Å². The van der Waals surface area contributed by atoms with E-state index in [4.69, 9.17) is 11.5 Å². The lowest BCUT2D eigenvalue weighted by Crippen LogP contribution is -2.35. The molecule has 5 nitrogen and oxygen atoms in total. The van der Waals surface area contributed by atoms with Crippen molar-refractivity contribution in [2.75, 3.05) is 5.32 Å². The van der Waals surface area contributed by atoms with Gasteiger partial charge in [0.05, 0.1) is 5.56 Å². The Morgan fingerprint density at radius 1 is 1.53 bits per heavy atom. The van der Waals surface area contributed by atoms with E-state index in [0.29, 0.717) is 6.42 Å². The van der Waals surface area contributed by atoms with E-state index in [1.54, 1.807) is 6.92 Å². The molecular formula is C13H13FN2O3. The molecule has 0 saturated carbocycles. The van der Waals surface area contributed by atoms with Crippen LogP contribution in [-0.4, -0.2) is 23.1 Å². The van der Waals surface area contributed by atoms with Gasteiger partial charge in [0.1, 0.15) is 5.82 Å². The Labute approximate surface area is 109 Å². The van der Waals surface area contributed by atoms with Gasteiger partial charge >= 0.3 is 12.0 Å². The number of nitrogens with one attached hydrogen (secondary N) is 2.